The molecule has 1 aromatic rings. The number of azide groups is 1. The van der Waals surface area contributed by atoms with E-state index in [2.05, 4.69) is 10.0 Å². The first-order valence-electron chi connectivity index (χ1n) is 4.79. The number of fused-ring (bicyclic) bond motifs is 1. The molecule has 96 valence electrons. The van der Waals surface area contributed by atoms with E-state index in [9.17, 15) is 18.0 Å². The largest absolute Gasteiger partial charge is 0.289 e. The molecule has 0 aliphatic heterocycles. The second-order valence-electron chi connectivity index (χ2n) is 3.53. The van der Waals surface area contributed by atoms with Crippen LogP contribution in [0.3, 0.4) is 0 Å². The summed E-state index contributed by atoms with van der Waals surface area (Å²) in [6, 6.07) is 3.66. The van der Waals surface area contributed by atoms with Crippen LogP contribution < -0.4 is 0 Å². The zero-order valence-electron chi connectivity index (χ0n) is 9.07. The van der Waals surface area contributed by atoms with Crippen molar-refractivity contribution in [2.75, 3.05) is 0 Å². The van der Waals surface area contributed by atoms with Gasteiger partial charge in [0, 0.05) is 21.2 Å². The number of allylic oxidation sites excluding steroid dienone is 2. The third-order valence-corrected chi connectivity index (χ3v) is 3.80. The molecule has 9 heteroatoms. The summed E-state index contributed by atoms with van der Waals surface area (Å²) < 4.78 is 22.7. The Balaban J connectivity index is 2.79. The molecule has 1 aliphatic rings. The minimum atomic E-state index is -4.16. The van der Waals surface area contributed by atoms with Gasteiger partial charge >= 0.3 is 0 Å². The number of hydrogen-bond acceptors (Lipinski definition) is 5. The van der Waals surface area contributed by atoms with E-state index >= 15 is 0 Å². The summed E-state index contributed by atoms with van der Waals surface area (Å²) in [6.07, 6.45) is 0.788. The first-order chi connectivity index (χ1) is 8.86. The Bertz CT molecular complexity index is 791. The van der Waals surface area contributed by atoms with E-state index < -0.39 is 25.5 Å². The van der Waals surface area contributed by atoms with Crippen LogP contribution in [-0.2, 0) is 9.05 Å². The van der Waals surface area contributed by atoms with Crippen molar-refractivity contribution in [2.24, 2.45) is 5.11 Å². The number of ketones is 2. The van der Waals surface area contributed by atoms with Gasteiger partial charge in [-0.3, -0.25) is 9.59 Å². The van der Waals surface area contributed by atoms with Crippen LogP contribution in [0, 0.1) is 0 Å². The zero-order chi connectivity index (χ0) is 14.2. The van der Waals surface area contributed by atoms with Crippen molar-refractivity contribution in [1.29, 1.82) is 0 Å². The van der Waals surface area contributed by atoms with Gasteiger partial charge in [0.15, 0.2) is 11.6 Å². The van der Waals surface area contributed by atoms with Gasteiger partial charge in [-0.15, -0.1) is 0 Å². The van der Waals surface area contributed by atoms with Crippen molar-refractivity contribution in [2.45, 2.75) is 4.90 Å². The lowest BCUT2D eigenvalue weighted by Crippen LogP contribution is -2.18. The molecule has 0 N–H and O–H groups in total. The molecule has 0 bridgehead atoms. The molecule has 1 aromatic carbocycles. The first-order valence-corrected chi connectivity index (χ1v) is 7.10. The van der Waals surface area contributed by atoms with Crippen molar-refractivity contribution in [3.63, 3.8) is 0 Å². The normalized spacial score (nSPS) is 14.5. The molecule has 1 aliphatic carbocycles. The van der Waals surface area contributed by atoms with Gasteiger partial charge in [0.25, 0.3) is 9.05 Å². The third-order valence-electron chi connectivity index (χ3n) is 2.43. The third kappa shape index (κ3) is 2.24. The van der Waals surface area contributed by atoms with E-state index in [1.54, 1.807) is 0 Å². The standard InChI is InChI=1S/C10H4ClN3O4S/c11-19(17,18)8-3-1-2-5-9(8)7(15)4-6(10(5)16)13-14-12/h1-4H. The molecule has 0 amide bonds. The predicted molar refractivity (Wildman–Crippen MR) is 65.4 cm³/mol. The Labute approximate surface area is 111 Å². The molecule has 0 radical (unpaired) electrons. The van der Waals surface area contributed by atoms with Crippen LogP contribution >= 0.6 is 10.7 Å². The summed E-state index contributed by atoms with van der Waals surface area (Å²) in [6.45, 7) is 0. The lowest BCUT2D eigenvalue weighted by atomic mass is 9.93. The van der Waals surface area contributed by atoms with E-state index in [0.717, 1.165) is 12.1 Å². The summed E-state index contributed by atoms with van der Waals surface area (Å²) in [7, 11) is 1.05. The van der Waals surface area contributed by atoms with Gasteiger partial charge in [-0.2, -0.15) is 0 Å². The van der Waals surface area contributed by atoms with Crippen molar-refractivity contribution >= 4 is 31.3 Å². The molecular formula is C10H4ClN3O4S. The SMILES string of the molecule is [N-]=[N+]=NC1=CC(=O)c2c(cccc2S(=O)(=O)Cl)C1=O. The maximum Gasteiger partial charge on any atom is 0.262 e. The Morgan fingerprint density at radius 3 is 2.53 bits per heavy atom. The minimum Gasteiger partial charge on any atom is -0.289 e. The van der Waals surface area contributed by atoms with Gasteiger partial charge in [-0.1, -0.05) is 17.2 Å². The number of benzene rings is 1. The Kier molecular flexibility index (Phi) is 3.15. The van der Waals surface area contributed by atoms with Crippen LogP contribution in [0.1, 0.15) is 20.7 Å². The van der Waals surface area contributed by atoms with Gasteiger partial charge < -0.3 is 0 Å². The molecule has 0 aromatic heterocycles. The molecular weight excluding hydrogens is 294 g/mol. The average molecular weight is 298 g/mol. The fraction of sp³-hybridized carbons (Fsp3) is 0. The number of nitrogens with zero attached hydrogens (tertiary/aromatic N) is 3. The Morgan fingerprint density at radius 2 is 1.95 bits per heavy atom. The smallest absolute Gasteiger partial charge is 0.262 e. The van der Waals surface area contributed by atoms with Gasteiger partial charge in [-0.25, -0.2) is 8.42 Å². The highest BCUT2D eigenvalue weighted by Crippen LogP contribution is 2.29. The molecule has 0 saturated heterocycles. The molecule has 19 heavy (non-hydrogen) atoms. The van der Waals surface area contributed by atoms with Gasteiger partial charge in [0.05, 0.1) is 16.2 Å². The highest BCUT2D eigenvalue weighted by atomic mass is 35.7. The second-order valence-corrected chi connectivity index (χ2v) is 6.06. The Morgan fingerprint density at radius 1 is 1.26 bits per heavy atom. The Hall–Kier alpha value is -2.15. The van der Waals surface area contributed by atoms with Gasteiger partial charge in [0.2, 0.25) is 0 Å². The van der Waals surface area contributed by atoms with Gasteiger partial charge in [0.1, 0.15) is 0 Å². The summed E-state index contributed by atoms with van der Waals surface area (Å²) in [5.74, 6) is -1.48. The number of rotatable bonds is 2. The molecule has 0 fully saturated rings. The summed E-state index contributed by atoms with van der Waals surface area (Å²) >= 11 is 0. The molecule has 0 saturated carbocycles. The van der Waals surface area contributed by atoms with Crippen LogP contribution in [0.2, 0.25) is 0 Å². The summed E-state index contributed by atoms with van der Waals surface area (Å²) in [4.78, 5) is 25.7. The highest BCUT2D eigenvalue weighted by molar-refractivity contribution is 8.13. The van der Waals surface area contributed by atoms with Crippen LogP contribution in [0.25, 0.3) is 10.4 Å². The predicted octanol–water partition coefficient (Wildman–Crippen LogP) is 2.19. The van der Waals surface area contributed by atoms with Crippen molar-refractivity contribution in [1.82, 2.24) is 0 Å². The number of carbonyl (C=O) groups excluding carboxylic acids is 2. The van der Waals surface area contributed by atoms with Crippen LogP contribution in [0.4, 0.5) is 0 Å². The minimum absolute atomic E-state index is 0.156. The van der Waals surface area contributed by atoms with Gasteiger partial charge in [-0.05, 0) is 17.7 Å². The maximum absolute atomic E-state index is 11.9. The fourth-order valence-corrected chi connectivity index (χ4v) is 2.78. The second kappa shape index (κ2) is 4.51. The highest BCUT2D eigenvalue weighted by Gasteiger charge is 2.30. The molecule has 0 unspecified atom stereocenters. The van der Waals surface area contributed by atoms with E-state index in [0.29, 0.717) is 0 Å². The number of Topliss-reactive ketones (excluding diaryl/α,β-unsaturated/α-hetero) is 1. The number of carbonyl (C=O) groups is 2. The lowest BCUT2D eigenvalue weighted by molar-refractivity contribution is 0.0981. The lowest BCUT2D eigenvalue weighted by Gasteiger charge is -2.14. The van der Waals surface area contributed by atoms with E-state index in [1.165, 1.54) is 12.1 Å². The zero-order valence-corrected chi connectivity index (χ0v) is 10.6. The summed E-state index contributed by atoms with van der Waals surface area (Å²) in [5, 5.41) is 3.09. The van der Waals surface area contributed by atoms with Crippen molar-refractivity contribution in [3.8, 4) is 0 Å². The van der Waals surface area contributed by atoms with E-state index in [1.807, 2.05) is 0 Å². The first kappa shape index (κ1) is 13.3. The monoisotopic (exact) mass is 297 g/mol. The van der Waals surface area contributed by atoms with E-state index in [4.69, 9.17) is 16.2 Å². The van der Waals surface area contributed by atoms with Crippen LogP contribution in [0.15, 0.2) is 40.0 Å². The van der Waals surface area contributed by atoms with E-state index in [-0.39, 0.29) is 16.8 Å². The number of hydrogen-bond donors (Lipinski definition) is 0. The van der Waals surface area contributed by atoms with Crippen LogP contribution in [0.5, 0.6) is 0 Å². The molecule has 0 atom stereocenters. The van der Waals surface area contributed by atoms with Crippen LogP contribution in [-0.4, -0.2) is 20.0 Å². The number of halogens is 1. The van der Waals surface area contributed by atoms with Crippen molar-refractivity contribution < 1.29 is 18.0 Å². The quantitative estimate of drug-likeness (QED) is 0.360. The fourth-order valence-electron chi connectivity index (χ4n) is 1.70. The summed E-state index contributed by atoms with van der Waals surface area (Å²) in [5.41, 5.74) is 7.44. The molecule has 2 rings (SSSR count). The molecule has 7 nitrogen and oxygen atoms in total. The topological polar surface area (TPSA) is 117 Å². The average Bonchev–Trinajstić information content (AvgIpc) is 2.34. The molecule has 0 heterocycles. The van der Waals surface area contributed by atoms with Crippen molar-refractivity contribution in [3.05, 3.63) is 51.5 Å². The maximum atomic E-state index is 11.9. The molecule has 0 spiro atoms.